The smallest absolute Gasteiger partial charge is 0.161 e. The van der Waals surface area contributed by atoms with E-state index >= 15 is 0 Å². The van der Waals surface area contributed by atoms with Crippen molar-refractivity contribution in [3.8, 4) is 11.5 Å². The summed E-state index contributed by atoms with van der Waals surface area (Å²) in [6, 6.07) is 6.11. The molecular weight excluding hydrogens is 268 g/mol. The Kier molecular flexibility index (Phi) is 4.35. The SMILES string of the molecule is Cn1cnnc1CCNCc1ccc2c(c1)OCCCO2. The molecule has 0 amide bonds. The molecule has 6 nitrogen and oxygen atoms in total. The number of hydrogen-bond donors (Lipinski definition) is 1. The van der Waals surface area contributed by atoms with Crippen LogP contribution in [0.25, 0.3) is 0 Å². The molecule has 0 saturated carbocycles. The van der Waals surface area contributed by atoms with E-state index in [0.29, 0.717) is 0 Å². The summed E-state index contributed by atoms with van der Waals surface area (Å²) >= 11 is 0. The minimum Gasteiger partial charge on any atom is -0.490 e. The molecule has 112 valence electrons. The van der Waals surface area contributed by atoms with Crippen LogP contribution in [0, 0.1) is 0 Å². The van der Waals surface area contributed by atoms with Crippen LogP contribution >= 0.6 is 0 Å². The number of nitrogens with one attached hydrogen (secondary N) is 1. The van der Waals surface area contributed by atoms with E-state index in [0.717, 1.165) is 56.5 Å². The minimum absolute atomic E-state index is 0.718. The van der Waals surface area contributed by atoms with Gasteiger partial charge in [-0.15, -0.1) is 10.2 Å². The Labute approximate surface area is 124 Å². The van der Waals surface area contributed by atoms with Crippen LogP contribution in [-0.2, 0) is 20.0 Å². The number of rotatable bonds is 5. The summed E-state index contributed by atoms with van der Waals surface area (Å²) in [5.41, 5.74) is 1.19. The Balaban J connectivity index is 1.51. The van der Waals surface area contributed by atoms with Crippen molar-refractivity contribution >= 4 is 0 Å². The van der Waals surface area contributed by atoms with Gasteiger partial charge in [-0.3, -0.25) is 0 Å². The maximum Gasteiger partial charge on any atom is 0.161 e. The van der Waals surface area contributed by atoms with Crippen LogP contribution in [0.5, 0.6) is 11.5 Å². The number of fused-ring (bicyclic) bond motifs is 1. The third kappa shape index (κ3) is 3.52. The van der Waals surface area contributed by atoms with Crippen LogP contribution in [0.4, 0.5) is 0 Å². The lowest BCUT2D eigenvalue weighted by Crippen LogP contribution is -2.18. The highest BCUT2D eigenvalue weighted by Gasteiger charge is 2.10. The summed E-state index contributed by atoms with van der Waals surface area (Å²) in [4.78, 5) is 0. The van der Waals surface area contributed by atoms with Crippen molar-refractivity contribution in [1.29, 1.82) is 0 Å². The summed E-state index contributed by atoms with van der Waals surface area (Å²) in [7, 11) is 1.96. The van der Waals surface area contributed by atoms with Crippen molar-refractivity contribution in [2.45, 2.75) is 19.4 Å². The zero-order valence-corrected chi connectivity index (χ0v) is 12.2. The van der Waals surface area contributed by atoms with Crippen LogP contribution in [-0.4, -0.2) is 34.5 Å². The molecule has 0 unspecified atom stereocenters. The molecule has 1 aromatic carbocycles. The van der Waals surface area contributed by atoms with E-state index in [1.165, 1.54) is 5.56 Å². The van der Waals surface area contributed by atoms with Gasteiger partial charge in [0.1, 0.15) is 12.2 Å². The summed E-state index contributed by atoms with van der Waals surface area (Å²) in [5.74, 6) is 2.68. The molecule has 1 aliphatic heterocycles. The van der Waals surface area contributed by atoms with E-state index in [4.69, 9.17) is 9.47 Å². The van der Waals surface area contributed by atoms with Crippen molar-refractivity contribution in [3.05, 3.63) is 35.9 Å². The molecule has 0 aliphatic carbocycles. The lowest BCUT2D eigenvalue weighted by molar-refractivity contribution is 0.297. The Hall–Kier alpha value is -2.08. The molecule has 2 aromatic rings. The number of benzene rings is 1. The van der Waals surface area contributed by atoms with Gasteiger partial charge < -0.3 is 19.4 Å². The number of hydrogen-bond acceptors (Lipinski definition) is 5. The van der Waals surface area contributed by atoms with Gasteiger partial charge in [-0.1, -0.05) is 6.07 Å². The van der Waals surface area contributed by atoms with Crippen LogP contribution in [0.2, 0.25) is 0 Å². The van der Waals surface area contributed by atoms with Crippen molar-refractivity contribution in [2.24, 2.45) is 7.05 Å². The van der Waals surface area contributed by atoms with Gasteiger partial charge >= 0.3 is 0 Å². The van der Waals surface area contributed by atoms with Gasteiger partial charge in [0.2, 0.25) is 0 Å². The number of aromatic nitrogens is 3. The first kappa shape index (κ1) is 13.9. The molecule has 2 heterocycles. The monoisotopic (exact) mass is 288 g/mol. The zero-order chi connectivity index (χ0) is 14.5. The van der Waals surface area contributed by atoms with E-state index < -0.39 is 0 Å². The molecule has 1 aromatic heterocycles. The second-order valence-corrected chi connectivity index (χ2v) is 5.12. The van der Waals surface area contributed by atoms with Crippen LogP contribution in [0.1, 0.15) is 17.8 Å². The van der Waals surface area contributed by atoms with Crippen molar-refractivity contribution in [1.82, 2.24) is 20.1 Å². The van der Waals surface area contributed by atoms with E-state index in [1.54, 1.807) is 6.33 Å². The molecule has 1 aliphatic rings. The fourth-order valence-electron chi connectivity index (χ4n) is 2.28. The maximum atomic E-state index is 5.70. The third-order valence-corrected chi connectivity index (χ3v) is 3.47. The van der Waals surface area contributed by atoms with E-state index in [9.17, 15) is 0 Å². The van der Waals surface area contributed by atoms with Gasteiger partial charge in [0.25, 0.3) is 0 Å². The Morgan fingerprint density at radius 2 is 2.10 bits per heavy atom. The summed E-state index contributed by atoms with van der Waals surface area (Å²) in [6.45, 7) is 3.10. The van der Waals surface area contributed by atoms with Crippen molar-refractivity contribution in [3.63, 3.8) is 0 Å². The standard InChI is InChI=1S/C15H20N4O2/c1-19-11-17-18-15(19)5-6-16-10-12-3-4-13-14(9-12)21-8-2-7-20-13/h3-4,9,11,16H,2,5-8,10H2,1H3. The topological polar surface area (TPSA) is 61.2 Å². The second-order valence-electron chi connectivity index (χ2n) is 5.12. The molecule has 0 atom stereocenters. The average molecular weight is 288 g/mol. The molecule has 0 radical (unpaired) electrons. The van der Waals surface area contributed by atoms with Crippen LogP contribution in [0.15, 0.2) is 24.5 Å². The molecule has 6 heteroatoms. The summed E-state index contributed by atoms with van der Waals surface area (Å²) in [6.07, 6.45) is 3.51. The summed E-state index contributed by atoms with van der Waals surface area (Å²) < 4.78 is 13.3. The molecule has 0 spiro atoms. The number of nitrogens with zero attached hydrogens (tertiary/aromatic N) is 3. The molecule has 0 bridgehead atoms. The highest BCUT2D eigenvalue weighted by molar-refractivity contribution is 5.43. The van der Waals surface area contributed by atoms with Gasteiger partial charge in [-0.2, -0.15) is 0 Å². The van der Waals surface area contributed by atoms with E-state index in [-0.39, 0.29) is 0 Å². The minimum atomic E-state index is 0.718. The lowest BCUT2D eigenvalue weighted by atomic mass is 10.2. The first-order valence-corrected chi connectivity index (χ1v) is 7.25. The fraction of sp³-hybridized carbons (Fsp3) is 0.467. The molecule has 1 N–H and O–H groups in total. The van der Waals surface area contributed by atoms with Gasteiger partial charge in [-0.05, 0) is 17.7 Å². The predicted molar refractivity (Wildman–Crippen MR) is 78.5 cm³/mol. The normalized spacial score (nSPS) is 14.0. The van der Waals surface area contributed by atoms with Crippen LogP contribution < -0.4 is 14.8 Å². The second kappa shape index (κ2) is 6.58. The largest absolute Gasteiger partial charge is 0.490 e. The van der Waals surface area contributed by atoms with E-state index in [2.05, 4.69) is 27.6 Å². The average Bonchev–Trinajstić information content (AvgIpc) is 2.76. The Bertz CT molecular complexity index is 597. The number of aryl methyl sites for hydroxylation is 1. The molecule has 0 fully saturated rings. The van der Waals surface area contributed by atoms with Gasteiger partial charge in [0, 0.05) is 33.0 Å². The maximum absolute atomic E-state index is 5.70. The lowest BCUT2D eigenvalue weighted by Gasteiger charge is -2.10. The third-order valence-electron chi connectivity index (χ3n) is 3.47. The highest BCUT2D eigenvalue weighted by atomic mass is 16.5. The van der Waals surface area contributed by atoms with Crippen LogP contribution in [0.3, 0.4) is 0 Å². The zero-order valence-electron chi connectivity index (χ0n) is 12.2. The number of ether oxygens (including phenoxy) is 2. The first-order valence-electron chi connectivity index (χ1n) is 7.25. The molecule has 21 heavy (non-hydrogen) atoms. The predicted octanol–water partition coefficient (Wildman–Crippen LogP) is 1.31. The van der Waals surface area contributed by atoms with Crippen molar-refractivity contribution in [2.75, 3.05) is 19.8 Å². The Morgan fingerprint density at radius 3 is 2.90 bits per heavy atom. The van der Waals surface area contributed by atoms with Gasteiger partial charge in [-0.25, -0.2) is 0 Å². The summed E-state index contributed by atoms with van der Waals surface area (Å²) in [5, 5.41) is 11.3. The fourth-order valence-corrected chi connectivity index (χ4v) is 2.28. The first-order chi connectivity index (χ1) is 10.3. The van der Waals surface area contributed by atoms with E-state index in [1.807, 2.05) is 17.7 Å². The molecular formula is C15H20N4O2. The van der Waals surface area contributed by atoms with Gasteiger partial charge in [0.05, 0.1) is 13.2 Å². The Morgan fingerprint density at radius 1 is 1.24 bits per heavy atom. The molecule has 0 saturated heterocycles. The van der Waals surface area contributed by atoms with Gasteiger partial charge in [0.15, 0.2) is 11.5 Å². The molecule has 3 rings (SSSR count). The highest BCUT2D eigenvalue weighted by Crippen LogP contribution is 2.30. The quantitative estimate of drug-likeness (QED) is 0.841. The van der Waals surface area contributed by atoms with Crippen molar-refractivity contribution < 1.29 is 9.47 Å².